The quantitative estimate of drug-likeness (QED) is 0.614. The minimum atomic E-state index is -0.150. The van der Waals surface area contributed by atoms with Gasteiger partial charge in [-0.3, -0.25) is 4.79 Å². The van der Waals surface area contributed by atoms with Gasteiger partial charge in [-0.05, 0) is 23.8 Å². The summed E-state index contributed by atoms with van der Waals surface area (Å²) in [5, 5.41) is 0. The lowest BCUT2D eigenvalue weighted by Gasteiger charge is -2.10. The third-order valence-corrected chi connectivity index (χ3v) is 2.90. The molecule has 0 radical (unpaired) electrons. The highest BCUT2D eigenvalue weighted by Gasteiger charge is 2.15. The van der Waals surface area contributed by atoms with Crippen molar-refractivity contribution < 1.29 is 14.3 Å². The van der Waals surface area contributed by atoms with Gasteiger partial charge in [0, 0.05) is 0 Å². The molecule has 0 spiro atoms. The third-order valence-electron chi connectivity index (χ3n) is 2.90. The average Bonchev–Trinajstić information content (AvgIpc) is 2.52. The van der Waals surface area contributed by atoms with E-state index in [0.29, 0.717) is 17.1 Å². The van der Waals surface area contributed by atoms with Gasteiger partial charge in [-0.2, -0.15) is 0 Å². The average molecular weight is 268 g/mol. The van der Waals surface area contributed by atoms with Crippen LogP contribution in [0.4, 0.5) is 0 Å². The maximum atomic E-state index is 12.3. The Morgan fingerprint density at radius 3 is 2.05 bits per heavy atom. The first-order valence-electron chi connectivity index (χ1n) is 6.24. The molecule has 20 heavy (non-hydrogen) atoms. The molecule has 0 heterocycles. The highest BCUT2D eigenvalue weighted by atomic mass is 16.5. The Bertz CT molecular complexity index is 593. The topological polar surface area (TPSA) is 35.5 Å². The Morgan fingerprint density at radius 1 is 0.900 bits per heavy atom. The number of benzene rings is 2. The molecule has 0 aromatic heterocycles. The molecule has 0 aliphatic carbocycles. The van der Waals surface area contributed by atoms with Crippen molar-refractivity contribution in [1.29, 1.82) is 0 Å². The number of allylic oxidation sites excluding steroid dienone is 1. The van der Waals surface area contributed by atoms with Crippen molar-refractivity contribution >= 4 is 11.9 Å². The van der Waals surface area contributed by atoms with E-state index < -0.39 is 0 Å². The van der Waals surface area contributed by atoms with Crippen LogP contribution in [0.25, 0.3) is 6.08 Å². The molecule has 2 rings (SSSR count). The van der Waals surface area contributed by atoms with Crippen LogP contribution >= 0.6 is 0 Å². The Labute approximate surface area is 118 Å². The zero-order valence-corrected chi connectivity index (χ0v) is 11.5. The first kappa shape index (κ1) is 13.9. The number of carbonyl (C=O) groups is 1. The summed E-state index contributed by atoms with van der Waals surface area (Å²) in [7, 11) is 3.07. The lowest BCUT2D eigenvalue weighted by molar-refractivity contribution is 0.104. The summed E-state index contributed by atoms with van der Waals surface area (Å²) in [6.07, 6.45) is 3.30. The SMILES string of the molecule is COc1cccc(OC)c1C(=O)/C=C\c1ccccc1. The molecule has 3 nitrogen and oxygen atoms in total. The third kappa shape index (κ3) is 3.06. The van der Waals surface area contributed by atoms with Crippen LogP contribution in [0.5, 0.6) is 11.5 Å². The molecule has 0 unspecified atom stereocenters. The van der Waals surface area contributed by atoms with Gasteiger partial charge >= 0.3 is 0 Å². The van der Waals surface area contributed by atoms with Gasteiger partial charge in [0.1, 0.15) is 17.1 Å². The van der Waals surface area contributed by atoms with Crippen LogP contribution < -0.4 is 9.47 Å². The first-order chi connectivity index (χ1) is 9.76. The van der Waals surface area contributed by atoms with Gasteiger partial charge in [-0.15, -0.1) is 0 Å². The van der Waals surface area contributed by atoms with Gasteiger partial charge in [0.25, 0.3) is 0 Å². The van der Waals surface area contributed by atoms with E-state index in [1.54, 1.807) is 24.3 Å². The van der Waals surface area contributed by atoms with E-state index in [0.717, 1.165) is 5.56 Å². The lowest BCUT2D eigenvalue weighted by Crippen LogP contribution is -2.02. The van der Waals surface area contributed by atoms with E-state index in [9.17, 15) is 4.79 Å². The summed E-state index contributed by atoms with van der Waals surface area (Å²) in [4.78, 5) is 12.3. The van der Waals surface area contributed by atoms with Gasteiger partial charge in [-0.25, -0.2) is 0 Å². The number of methoxy groups -OCH3 is 2. The van der Waals surface area contributed by atoms with Crippen molar-refractivity contribution in [3.05, 3.63) is 65.7 Å². The number of hydrogen-bond acceptors (Lipinski definition) is 3. The lowest BCUT2D eigenvalue weighted by atomic mass is 10.1. The Morgan fingerprint density at radius 2 is 1.50 bits per heavy atom. The molecule has 3 heteroatoms. The Kier molecular flexibility index (Phi) is 4.56. The summed E-state index contributed by atoms with van der Waals surface area (Å²) in [5.74, 6) is 0.863. The zero-order valence-electron chi connectivity index (χ0n) is 11.5. The van der Waals surface area contributed by atoms with Crippen molar-refractivity contribution in [2.24, 2.45) is 0 Å². The van der Waals surface area contributed by atoms with E-state index in [-0.39, 0.29) is 5.78 Å². The van der Waals surface area contributed by atoms with Crippen LogP contribution in [0.15, 0.2) is 54.6 Å². The molecular weight excluding hydrogens is 252 g/mol. The second kappa shape index (κ2) is 6.57. The van der Waals surface area contributed by atoms with Crippen molar-refractivity contribution in [1.82, 2.24) is 0 Å². The van der Waals surface area contributed by atoms with Crippen LogP contribution in [-0.4, -0.2) is 20.0 Å². The smallest absolute Gasteiger partial charge is 0.193 e. The summed E-state index contributed by atoms with van der Waals surface area (Å²) in [6.45, 7) is 0. The van der Waals surface area contributed by atoms with Gasteiger partial charge in [0.05, 0.1) is 14.2 Å². The minimum Gasteiger partial charge on any atom is -0.496 e. The first-order valence-corrected chi connectivity index (χ1v) is 6.24. The van der Waals surface area contributed by atoms with E-state index in [1.807, 2.05) is 30.3 Å². The Balaban J connectivity index is 2.32. The zero-order chi connectivity index (χ0) is 14.4. The number of ether oxygens (including phenoxy) is 2. The van der Waals surface area contributed by atoms with E-state index in [4.69, 9.17) is 9.47 Å². The molecule has 0 amide bonds. The molecule has 0 saturated heterocycles. The number of carbonyl (C=O) groups excluding carboxylic acids is 1. The number of rotatable bonds is 5. The monoisotopic (exact) mass is 268 g/mol. The van der Waals surface area contributed by atoms with Crippen LogP contribution in [-0.2, 0) is 0 Å². The molecular formula is C17H16O3. The van der Waals surface area contributed by atoms with Crippen LogP contribution in [0.2, 0.25) is 0 Å². The summed E-state index contributed by atoms with van der Waals surface area (Å²) < 4.78 is 10.5. The fourth-order valence-corrected chi connectivity index (χ4v) is 1.91. The van der Waals surface area contributed by atoms with E-state index in [1.165, 1.54) is 20.3 Å². The van der Waals surface area contributed by atoms with Crippen molar-refractivity contribution in [2.75, 3.05) is 14.2 Å². The maximum Gasteiger partial charge on any atom is 0.193 e. The van der Waals surface area contributed by atoms with Gasteiger partial charge in [0.15, 0.2) is 5.78 Å². The highest BCUT2D eigenvalue weighted by molar-refractivity contribution is 6.10. The number of ketones is 1. The van der Waals surface area contributed by atoms with E-state index in [2.05, 4.69) is 0 Å². The minimum absolute atomic E-state index is 0.150. The molecule has 0 N–H and O–H groups in total. The summed E-state index contributed by atoms with van der Waals surface area (Å²) in [5.41, 5.74) is 1.40. The fraction of sp³-hybridized carbons (Fsp3) is 0.118. The second-order valence-corrected chi connectivity index (χ2v) is 4.15. The van der Waals surface area contributed by atoms with Gasteiger partial charge < -0.3 is 9.47 Å². The molecule has 0 saturated carbocycles. The van der Waals surface area contributed by atoms with E-state index >= 15 is 0 Å². The fourth-order valence-electron chi connectivity index (χ4n) is 1.91. The summed E-state index contributed by atoms with van der Waals surface area (Å²) in [6, 6.07) is 14.9. The van der Waals surface area contributed by atoms with Crippen LogP contribution in [0, 0.1) is 0 Å². The molecule has 102 valence electrons. The normalized spacial score (nSPS) is 10.5. The molecule has 0 aliphatic heterocycles. The molecule has 0 fully saturated rings. The predicted molar refractivity (Wildman–Crippen MR) is 79.4 cm³/mol. The van der Waals surface area contributed by atoms with Crippen LogP contribution in [0.1, 0.15) is 15.9 Å². The highest BCUT2D eigenvalue weighted by Crippen LogP contribution is 2.29. The number of hydrogen-bond donors (Lipinski definition) is 0. The molecule has 2 aromatic rings. The standard InChI is InChI=1S/C17H16O3/c1-19-15-9-6-10-16(20-2)17(15)14(18)12-11-13-7-4-3-5-8-13/h3-12H,1-2H3/b12-11-. The van der Waals surface area contributed by atoms with Gasteiger partial charge in [-0.1, -0.05) is 42.5 Å². The van der Waals surface area contributed by atoms with Crippen molar-refractivity contribution in [3.63, 3.8) is 0 Å². The maximum absolute atomic E-state index is 12.3. The molecule has 0 aliphatic rings. The second-order valence-electron chi connectivity index (χ2n) is 4.15. The molecule has 0 atom stereocenters. The van der Waals surface area contributed by atoms with Crippen molar-refractivity contribution in [3.8, 4) is 11.5 Å². The molecule has 0 bridgehead atoms. The van der Waals surface area contributed by atoms with Gasteiger partial charge in [0.2, 0.25) is 0 Å². The molecule has 2 aromatic carbocycles. The largest absolute Gasteiger partial charge is 0.496 e. The summed E-state index contributed by atoms with van der Waals surface area (Å²) >= 11 is 0. The van der Waals surface area contributed by atoms with Crippen molar-refractivity contribution in [2.45, 2.75) is 0 Å². The Hall–Kier alpha value is -2.55. The van der Waals surface area contributed by atoms with Crippen LogP contribution in [0.3, 0.4) is 0 Å². The predicted octanol–water partition coefficient (Wildman–Crippen LogP) is 3.60.